The molecule has 1 aliphatic rings. The number of benzene rings is 1. The van der Waals surface area contributed by atoms with Crippen molar-refractivity contribution >= 4 is 11.9 Å². The maximum atomic E-state index is 12.2. The van der Waals surface area contributed by atoms with Gasteiger partial charge in [-0.1, -0.05) is 37.3 Å². The zero-order chi connectivity index (χ0) is 13.8. The summed E-state index contributed by atoms with van der Waals surface area (Å²) in [5.41, 5.74) is 1.05. The van der Waals surface area contributed by atoms with Crippen LogP contribution in [0.5, 0.6) is 0 Å². The van der Waals surface area contributed by atoms with Crippen LogP contribution in [0.4, 0.5) is 4.79 Å². The molecule has 1 aromatic carbocycles. The summed E-state index contributed by atoms with van der Waals surface area (Å²) in [6.45, 7) is 3.12. The molecule has 1 fully saturated rings. The molecule has 0 bridgehead atoms. The van der Waals surface area contributed by atoms with Crippen LogP contribution in [0.15, 0.2) is 30.3 Å². The Kier molecular flexibility index (Phi) is 4.16. The second-order valence-corrected chi connectivity index (χ2v) is 4.77. The first-order valence-corrected chi connectivity index (χ1v) is 6.46. The summed E-state index contributed by atoms with van der Waals surface area (Å²) in [5.74, 6) is -0.144. The van der Waals surface area contributed by atoms with E-state index >= 15 is 0 Å². The first-order valence-electron chi connectivity index (χ1n) is 6.46. The molecule has 1 heterocycles. The third-order valence-electron chi connectivity index (χ3n) is 3.31. The predicted molar refractivity (Wildman–Crippen MR) is 72.5 cm³/mol. The molecule has 1 saturated heterocycles. The molecule has 0 radical (unpaired) electrons. The molecule has 0 aromatic heterocycles. The Morgan fingerprint density at radius 3 is 2.58 bits per heavy atom. The molecular weight excluding hydrogens is 242 g/mol. The Morgan fingerprint density at radius 2 is 1.95 bits per heavy atom. The average Bonchev–Trinajstić information content (AvgIpc) is 2.67. The van der Waals surface area contributed by atoms with Gasteiger partial charge >= 0.3 is 6.03 Å². The minimum Gasteiger partial charge on any atom is -0.325 e. The normalized spacial score (nSPS) is 19.1. The molecule has 2 rings (SSSR count). The van der Waals surface area contributed by atoms with E-state index in [1.165, 1.54) is 4.90 Å². The van der Waals surface area contributed by atoms with Gasteiger partial charge in [0.25, 0.3) is 5.91 Å². The minimum atomic E-state index is -0.444. The molecule has 5 heteroatoms. The number of rotatable bonds is 5. The van der Waals surface area contributed by atoms with Crippen molar-refractivity contribution in [1.29, 1.82) is 0 Å². The monoisotopic (exact) mass is 261 g/mol. The smallest absolute Gasteiger partial charge is 0.325 e. The molecule has 1 aliphatic heterocycles. The second kappa shape index (κ2) is 5.84. The molecular formula is C14H19N3O2. The number of carbonyl (C=O) groups is 2. The van der Waals surface area contributed by atoms with Gasteiger partial charge in [-0.25, -0.2) is 9.69 Å². The topological polar surface area (TPSA) is 52.6 Å². The Balaban J connectivity index is 2.02. The van der Waals surface area contributed by atoms with Gasteiger partial charge in [0.1, 0.15) is 6.04 Å². The number of imide groups is 1. The van der Waals surface area contributed by atoms with E-state index in [9.17, 15) is 9.59 Å². The van der Waals surface area contributed by atoms with Gasteiger partial charge in [0.2, 0.25) is 0 Å². The van der Waals surface area contributed by atoms with Crippen molar-refractivity contribution in [2.45, 2.75) is 19.4 Å². The third kappa shape index (κ3) is 3.12. The van der Waals surface area contributed by atoms with E-state index in [1.807, 2.05) is 49.2 Å². The lowest BCUT2D eigenvalue weighted by atomic mass is 10.1. The molecule has 0 aliphatic carbocycles. The summed E-state index contributed by atoms with van der Waals surface area (Å²) in [6.07, 6.45) is 0.539. The van der Waals surface area contributed by atoms with E-state index in [0.29, 0.717) is 13.1 Å². The Labute approximate surface area is 113 Å². The van der Waals surface area contributed by atoms with Gasteiger partial charge in [0.05, 0.1) is 6.67 Å². The predicted octanol–water partition coefficient (Wildman–Crippen LogP) is 1.06. The van der Waals surface area contributed by atoms with Crippen LogP contribution in [0.25, 0.3) is 0 Å². The zero-order valence-corrected chi connectivity index (χ0v) is 11.3. The Morgan fingerprint density at radius 1 is 1.26 bits per heavy atom. The largest absolute Gasteiger partial charge is 0.325 e. The van der Waals surface area contributed by atoms with E-state index in [2.05, 4.69) is 5.32 Å². The standard InChI is InChI=1S/C14H19N3O2/c1-3-16(2)10-17-13(18)12(15-14(17)19)9-11-7-5-4-6-8-11/h4-8,12H,3,9-10H2,1-2H3,(H,15,19). The molecule has 3 amide bonds. The van der Waals surface area contributed by atoms with Crippen molar-refractivity contribution in [2.24, 2.45) is 0 Å². The van der Waals surface area contributed by atoms with Crippen LogP contribution in [-0.4, -0.2) is 48.0 Å². The van der Waals surface area contributed by atoms with Crippen LogP contribution in [0.2, 0.25) is 0 Å². The molecule has 102 valence electrons. The highest BCUT2D eigenvalue weighted by Crippen LogP contribution is 2.12. The summed E-state index contributed by atoms with van der Waals surface area (Å²) in [6, 6.07) is 8.96. The summed E-state index contributed by atoms with van der Waals surface area (Å²) in [4.78, 5) is 27.2. The maximum absolute atomic E-state index is 12.2. The quantitative estimate of drug-likeness (QED) is 0.806. The summed E-state index contributed by atoms with van der Waals surface area (Å²) < 4.78 is 0. The van der Waals surface area contributed by atoms with E-state index < -0.39 is 6.04 Å². The highest BCUT2D eigenvalue weighted by Gasteiger charge is 2.37. The molecule has 0 spiro atoms. The van der Waals surface area contributed by atoms with Crippen molar-refractivity contribution < 1.29 is 9.59 Å². The van der Waals surface area contributed by atoms with Crippen LogP contribution in [0.1, 0.15) is 12.5 Å². The number of urea groups is 1. The molecule has 1 aromatic rings. The highest BCUT2D eigenvalue weighted by molar-refractivity contribution is 6.04. The van der Waals surface area contributed by atoms with Crippen LogP contribution >= 0.6 is 0 Å². The van der Waals surface area contributed by atoms with Gasteiger partial charge in [-0.3, -0.25) is 9.69 Å². The zero-order valence-electron chi connectivity index (χ0n) is 11.3. The van der Waals surface area contributed by atoms with Gasteiger partial charge in [-0.05, 0) is 19.2 Å². The highest BCUT2D eigenvalue weighted by atomic mass is 16.2. The maximum Gasteiger partial charge on any atom is 0.325 e. The van der Waals surface area contributed by atoms with E-state index in [4.69, 9.17) is 0 Å². The van der Waals surface area contributed by atoms with Gasteiger partial charge < -0.3 is 5.32 Å². The summed E-state index contributed by atoms with van der Waals surface area (Å²) in [7, 11) is 1.88. The molecule has 1 N–H and O–H groups in total. The van der Waals surface area contributed by atoms with Crippen molar-refractivity contribution in [3.8, 4) is 0 Å². The number of nitrogens with one attached hydrogen (secondary N) is 1. The molecule has 5 nitrogen and oxygen atoms in total. The van der Waals surface area contributed by atoms with Gasteiger partial charge in [-0.2, -0.15) is 0 Å². The first kappa shape index (κ1) is 13.5. The lowest BCUT2D eigenvalue weighted by molar-refractivity contribution is -0.128. The number of nitrogens with zero attached hydrogens (tertiary/aromatic N) is 2. The van der Waals surface area contributed by atoms with E-state index in [0.717, 1.165) is 12.1 Å². The number of hydrogen-bond acceptors (Lipinski definition) is 3. The van der Waals surface area contributed by atoms with Gasteiger partial charge in [0.15, 0.2) is 0 Å². The lowest BCUT2D eigenvalue weighted by Crippen LogP contribution is -2.40. The molecule has 0 saturated carbocycles. The summed E-state index contributed by atoms with van der Waals surface area (Å²) in [5, 5.41) is 2.74. The van der Waals surface area contributed by atoms with Gasteiger partial charge in [-0.15, -0.1) is 0 Å². The van der Waals surface area contributed by atoms with Crippen LogP contribution in [0.3, 0.4) is 0 Å². The SMILES string of the molecule is CCN(C)CN1C(=O)NC(Cc2ccccc2)C1=O. The third-order valence-corrected chi connectivity index (χ3v) is 3.31. The van der Waals surface area contributed by atoms with E-state index in [1.54, 1.807) is 0 Å². The number of carbonyl (C=O) groups excluding carboxylic acids is 2. The van der Waals surface area contributed by atoms with Crippen LogP contribution in [-0.2, 0) is 11.2 Å². The average molecular weight is 261 g/mol. The lowest BCUT2D eigenvalue weighted by Gasteiger charge is -2.20. The second-order valence-electron chi connectivity index (χ2n) is 4.77. The van der Waals surface area contributed by atoms with Gasteiger partial charge in [0, 0.05) is 6.42 Å². The number of amides is 3. The van der Waals surface area contributed by atoms with Crippen molar-refractivity contribution in [3.05, 3.63) is 35.9 Å². The Bertz CT molecular complexity index is 461. The van der Waals surface area contributed by atoms with Crippen LogP contribution in [0, 0.1) is 0 Å². The fourth-order valence-corrected chi connectivity index (χ4v) is 2.04. The molecule has 1 atom stereocenters. The molecule has 1 unspecified atom stereocenters. The first-order chi connectivity index (χ1) is 9.11. The van der Waals surface area contributed by atoms with E-state index in [-0.39, 0.29) is 11.9 Å². The number of hydrogen-bond donors (Lipinski definition) is 1. The minimum absolute atomic E-state index is 0.144. The molecule has 19 heavy (non-hydrogen) atoms. The summed E-state index contributed by atoms with van der Waals surface area (Å²) >= 11 is 0. The fraction of sp³-hybridized carbons (Fsp3) is 0.429. The fourth-order valence-electron chi connectivity index (χ4n) is 2.04. The van der Waals surface area contributed by atoms with Crippen molar-refractivity contribution in [3.63, 3.8) is 0 Å². The van der Waals surface area contributed by atoms with Crippen molar-refractivity contribution in [2.75, 3.05) is 20.3 Å². The van der Waals surface area contributed by atoms with Crippen molar-refractivity contribution in [1.82, 2.24) is 15.1 Å². The Hall–Kier alpha value is -1.88. The van der Waals surface area contributed by atoms with Crippen LogP contribution < -0.4 is 5.32 Å².